The minimum Gasteiger partial charge on any atom is -0.469 e. The van der Waals surface area contributed by atoms with Crippen molar-refractivity contribution in [1.82, 2.24) is 25.3 Å². The summed E-state index contributed by atoms with van der Waals surface area (Å²) < 4.78 is 11.0. The maximum atomic E-state index is 12.3. The summed E-state index contributed by atoms with van der Waals surface area (Å²) in [6.07, 6.45) is 3.43. The van der Waals surface area contributed by atoms with Gasteiger partial charge in [-0.1, -0.05) is 12.1 Å². The molecule has 0 bridgehead atoms. The number of H-pyrrole nitrogens is 1. The van der Waals surface area contributed by atoms with Crippen LogP contribution in [0.5, 0.6) is 5.88 Å². The third kappa shape index (κ3) is 5.38. The number of fused-ring (bicyclic) bond motifs is 1. The molecule has 5 rings (SSSR count). The average Bonchev–Trinajstić information content (AvgIpc) is 3.47. The van der Waals surface area contributed by atoms with Gasteiger partial charge >= 0.3 is 0 Å². The Balaban J connectivity index is 1.34. The first-order valence-corrected chi connectivity index (χ1v) is 11.4. The first-order valence-electron chi connectivity index (χ1n) is 10.5. The van der Waals surface area contributed by atoms with Crippen molar-refractivity contribution in [2.75, 3.05) is 11.9 Å². The molecule has 0 atom stereocenters. The van der Waals surface area contributed by atoms with E-state index in [0.29, 0.717) is 41.1 Å². The van der Waals surface area contributed by atoms with Gasteiger partial charge in [-0.25, -0.2) is 9.97 Å². The predicted molar refractivity (Wildman–Crippen MR) is 129 cm³/mol. The Labute approximate surface area is 202 Å². The number of rotatable bonds is 8. The van der Waals surface area contributed by atoms with Gasteiger partial charge in [-0.2, -0.15) is 4.98 Å². The molecule has 4 heterocycles. The van der Waals surface area contributed by atoms with E-state index in [0.717, 1.165) is 11.8 Å². The smallest absolute Gasteiger partial charge is 0.290 e. The quantitative estimate of drug-likeness (QED) is 0.314. The van der Waals surface area contributed by atoms with Crippen LogP contribution in [0.3, 0.4) is 0 Å². The Morgan fingerprint density at radius 2 is 1.97 bits per heavy atom. The fourth-order valence-corrected chi connectivity index (χ4v) is 3.98. The third-order valence-corrected chi connectivity index (χ3v) is 5.70. The van der Waals surface area contributed by atoms with Gasteiger partial charge in [0.2, 0.25) is 11.8 Å². The second-order valence-corrected chi connectivity index (χ2v) is 8.40. The number of benzene rings is 1. The molecule has 1 fully saturated rings. The number of furan rings is 1. The van der Waals surface area contributed by atoms with Crippen molar-refractivity contribution in [3.05, 3.63) is 81.3 Å². The third-order valence-electron chi connectivity index (χ3n) is 4.89. The van der Waals surface area contributed by atoms with Crippen LogP contribution in [0, 0.1) is 0 Å². The molecule has 3 aromatic heterocycles. The molecule has 0 spiro atoms. The van der Waals surface area contributed by atoms with Crippen LogP contribution < -0.4 is 20.9 Å². The van der Waals surface area contributed by atoms with Gasteiger partial charge in [0, 0.05) is 19.0 Å². The highest BCUT2D eigenvalue weighted by Crippen LogP contribution is 2.26. The maximum Gasteiger partial charge on any atom is 0.290 e. The van der Waals surface area contributed by atoms with Gasteiger partial charge in [-0.3, -0.25) is 19.7 Å². The monoisotopic (exact) mass is 490 g/mol. The summed E-state index contributed by atoms with van der Waals surface area (Å²) in [4.78, 5) is 51.9. The number of amides is 2. The number of para-hydroxylation sites is 1. The predicted octanol–water partition coefficient (Wildman–Crippen LogP) is 2.86. The molecule has 11 nitrogen and oxygen atoms in total. The van der Waals surface area contributed by atoms with Crippen molar-refractivity contribution in [2.45, 2.75) is 13.0 Å². The summed E-state index contributed by atoms with van der Waals surface area (Å²) in [5.74, 6) is 1.13. The summed E-state index contributed by atoms with van der Waals surface area (Å²) in [5.41, 5.74) is 0.791. The molecule has 0 radical (unpaired) electrons. The summed E-state index contributed by atoms with van der Waals surface area (Å²) in [6.45, 7) is 0.516. The van der Waals surface area contributed by atoms with Gasteiger partial charge in [0.25, 0.3) is 16.7 Å². The molecule has 1 aromatic carbocycles. The van der Waals surface area contributed by atoms with Crippen LogP contribution in [-0.2, 0) is 17.8 Å². The molecular weight excluding hydrogens is 472 g/mol. The molecule has 2 amide bonds. The van der Waals surface area contributed by atoms with Crippen molar-refractivity contribution < 1.29 is 18.7 Å². The zero-order valence-corrected chi connectivity index (χ0v) is 18.9. The van der Waals surface area contributed by atoms with E-state index in [1.807, 2.05) is 6.07 Å². The number of carbonyl (C=O) groups excluding carboxylic acids is 2. The largest absolute Gasteiger partial charge is 0.469 e. The summed E-state index contributed by atoms with van der Waals surface area (Å²) in [5, 5.41) is 5.38. The molecule has 0 saturated carbocycles. The van der Waals surface area contributed by atoms with Gasteiger partial charge in [0.1, 0.15) is 18.2 Å². The zero-order chi connectivity index (χ0) is 24.2. The fourth-order valence-electron chi connectivity index (χ4n) is 3.31. The van der Waals surface area contributed by atoms with Crippen LogP contribution in [0.1, 0.15) is 17.3 Å². The Morgan fingerprint density at radius 1 is 1.09 bits per heavy atom. The standard InChI is InChI=1S/C23H18N6O5S/c30-20-15-5-1-2-6-16(15)26-18(27-20)7-8-24-22-25-13(10-17-21(31)29-23(32)35-17)11-19(28-22)34-12-14-4-3-9-33-14/h1-6,9-11H,7-8,12H2,(H,24,25,28)(H,26,27,30)(H,29,31,32)/b17-10-. The molecule has 0 aliphatic carbocycles. The number of thioether (sulfide) groups is 1. The summed E-state index contributed by atoms with van der Waals surface area (Å²) in [7, 11) is 0. The minimum atomic E-state index is -0.488. The lowest BCUT2D eigenvalue weighted by molar-refractivity contribution is -0.115. The normalized spacial score (nSPS) is 14.5. The first kappa shape index (κ1) is 22.3. The molecule has 12 heteroatoms. The van der Waals surface area contributed by atoms with Crippen LogP contribution in [0.4, 0.5) is 10.7 Å². The first-order chi connectivity index (χ1) is 17.0. The van der Waals surface area contributed by atoms with Crippen LogP contribution in [0.25, 0.3) is 17.0 Å². The van der Waals surface area contributed by atoms with Crippen LogP contribution in [0.15, 0.2) is 62.8 Å². The summed E-state index contributed by atoms with van der Waals surface area (Å²) >= 11 is 0.792. The lowest BCUT2D eigenvalue weighted by Gasteiger charge is -2.09. The average molecular weight is 491 g/mol. The number of aromatic nitrogens is 4. The molecule has 1 aliphatic rings. The highest BCUT2D eigenvalue weighted by Gasteiger charge is 2.25. The summed E-state index contributed by atoms with van der Waals surface area (Å²) in [6, 6.07) is 12.2. The second-order valence-electron chi connectivity index (χ2n) is 7.38. The van der Waals surface area contributed by atoms with Gasteiger partial charge in [0.15, 0.2) is 0 Å². The van der Waals surface area contributed by atoms with E-state index in [-0.39, 0.29) is 28.9 Å². The zero-order valence-electron chi connectivity index (χ0n) is 18.1. The number of hydrogen-bond acceptors (Lipinski definition) is 10. The van der Waals surface area contributed by atoms with Crippen molar-refractivity contribution in [2.24, 2.45) is 0 Å². The second kappa shape index (κ2) is 9.81. The van der Waals surface area contributed by atoms with E-state index in [9.17, 15) is 14.4 Å². The lowest BCUT2D eigenvalue weighted by Crippen LogP contribution is -2.18. The van der Waals surface area contributed by atoms with Crippen LogP contribution in [0.2, 0.25) is 0 Å². The van der Waals surface area contributed by atoms with Gasteiger partial charge in [-0.05, 0) is 42.1 Å². The van der Waals surface area contributed by atoms with E-state index >= 15 is 0 Å². The van der Waals surface area contributed by atoms with Gasteiger partial charge in [-0.15, -0.1) is 0 Å². The Morgan fingerprint density at radius 3 is 2.77 bits per heavy atom. The van der Waals surface area contributed by atoms with E-state index in [1.54, 1.807) is 42.7 Å². The number of nitrogens with one attached hydrogen (secondary N) is 3. The molecular formula is C23H18N6O5S. The topological polar surface area (TPSA) is 152 Å². The van der Waals surface area contributed by atoms with E-state index < -0.39 is 11.1 Å². The van der Waals surface area contributed by atoms with Crippen molar-refractivity contribution in [1.29, 1.82) is 0 Å². The molecule has 176 valence electrons. The fraction of sp³-hybridized carbons (Fsp3) is 0.130. The Kier molecular flexibility index (Phi) is 6.26. The number of ether oxygens (including phenoxy) is 1. The maximum absolute atomic E-state index is 12.3. The minimum absolute atomic E-state index is 0.148. The van der Waals surface area contributed by atoms with Crippen molar-refractivity contribution >= 4 is 45.8 Å². The molecule has 4 aromatic rings. The van der Waals surface area contributed by atoms with Crippen molar-refractivity contribution in [3.8, 4) is 5.88 Å². The number of anilines is 1. The van der Waals surface area contributed by atoms with E-state index in [4.69, 9.17) is 9.15 Å². The molecule has 35 heavy (non-hydrogen) atoms. The highest BCUT2D eigenvalue weighted by atomic mass is 32.2. The van der Waals surface area contributed by atoms with Gasteiger partial charge < -0.3 is 19.5 Å². The highest BCUT2D eigenvalue weighted by molar-refractivity contribution is 8.18. The number of nitrogens with zero attached hydrogens (tertiary/aromatic N) is 3. The lowest BCUT2D eigenvalue weighted by atomic mass is 10.2. The number of carbonyl (C=O) groups is 2. The van der Waals surface area contributed by atoms with Gasteiger partial charge in [0.05, 0.1) is 27.8 Å². The number of aromatic amines is 1. The Hall–Kier alpha value is -4.45. The Bertz CT molecular complexity index is 1500. The SMILES string of the molecule is O=C1NC(=O)/C(=C/c2cc(OCc3ccco3)nc(NCCc3nc4ccccc4c(=O)[nH]3)n2)S1. The van der Waals surface area contributed by atoms with Crippen LogP contribution >= 0.6 is 11.8 Å². The van der Waals surface area contributed by atoms with E-state index in [1.165, 1.54) is 6.08 Å². The molecule has 1 saturated heterocycles. The van der Waals surface area contributed by atoms with Crippen molar-refractivity contribution in [3.63, 3.8) is 0 Å². The molecule has 0 unspecified atom stereocenters. The van der Waals surface area contributed by atoms with Crippen LogP contribution in [-0.4, -0.2) is 37.6 Å². The number of imide groups is 1. The van der Waals surface area contributed by atoms with E-state index in [2.05, 4.69) is 30.6 Å². The number of hydrogen-bond donors (Lipinski definition) is 3. The molecule has 1 aliphatic heterocycles. The molecule has 3 N–H and O–H groups in total.